The third-order valence-corrected chi connectivity index (χ3v) is 2.81. The summed E-state index contributed by atoms with van der Waals surface area (Å²) in [7, 11) is 1.51. The molecule has 0 bridgehead atoms. The zero-order valence-electron chi connectivity index (χ0n) is 13.0. The summed E-state index contributed by atoms with van der Waals surface area (Å²) in [4.78, 5) is 3.87. The molecule has 4 nitrogen and oxygen atoms in total. The molecule has 1 rings (SSSR count). The van der Waals surface area contributed by atoms with E-state index in [-0.39, 0.29) is 12.6 Å². The predicted octanol–water partition coefficient (Wildman–Crippen LogP) is 2.88. The van der Waals surface area contributed by atoms with E-state index in [4.69, 9.17) is 4.74 Å². The normalized spacial score (nSPS) is 13.6. The molecule has 0 aliphatic carbocycles. The SMILES string of the molecule is CN=C(NCCC(F)(F)F)NCC(C)Oc1cccc(C)c1. The molecular formula is C15H22F3N3O. The van der Waals surface area contributed by atoms with Crippen LogP contribution in [0.5, 0.6) is 5.75 Å². The number of nitrogens with zero attached hydrogens (tertiary/aromatic N) is 1. The Balaban J connectivity index is 2.33. The minimum atomic E-state index is -4.17. The topological polar surface area (TPSA) is 45.7 Å². The fraction of sp³-hybridized carbons (Fsp3) is 0.533. The molecule has 0 aliphatic heterocycles. The maximum absolute atomic E-state index is 12.1. The van der Waals surface area contributed by atoms with Crippen molar-refractivity contribution in [1.82, 2.24) is 10.6 Å². The van der Waals surface area contributed by atoms with Crippen molar-refractivity contribution in [3.8, 4) is 5.75 Å². The first-order valence-electron chi connectivity index (χ1n) is 7.05. The van der Waals surface area contributed by atoms with Crippen LogP contribution in [0.25, 0.3) is 0 Å². The summed E-state index contributed by atoms with van der Waals surface area (Å²) in [5.74, 6) is 1.08. The second kappa shape index (κ2) is 8.51. The van der Waals surface area contributed by atoms with Gasteiger partial charge in [-0.15, -0.1) is 0 Å². The van der Waals surface area contributed by atoms with Crippen LogP contribution in [0.3, 0.4) is 0 Å². The molecule has 0 fully saturated rings. The first kappa shape index (κ1) is 18.1. The molecule has 22 heavy (non-hydrogen) atoms. The lowest BCUT2D eigenvalue weighted by atomic mass is 10.2. The number of halogens is 3. The van der Waals surface area contributed by atoms with E-state index in [2.05, 4.69) is 15.6 Å². The standard InChI is InChI=1S/C15H22F3N3O/c1-11-5-4-6-13(9-11)22-12(2)10-21-14(19-3)20-8-7-15(16,17)18/h4-6,9,12H,7-8,10H2,1-3H3,(H2,19,20,21). The molecule has 1 aromatic rings. The van der Waals surface area contributed by atoms with Crippen LogP contribution in [-0.4, -0.2) is 38.4 Å². The molecule has 0 radical (unpaired) electrons. The van der Waals surface area contributed by atoms with Gasteiger partial charge in [-0.25, -0.2) is 0 Å². The third-order valence-electron chi connectivity index (χ3n) is 2.81. The van der Waals surface area contributed by atoms with Crippen LogP contribution in [0.4, 0.5) is 13.2 Å². The van der Waals surface area contributed by atoms with Crippen molar-refractivity contribution in [3.63, 3.8) is 0 Å². The van der Waals surface area contributed by atoms with Crippen molar-refractivity contribution >= 4 is 5.96 Å². The fourth-order valence-electron chi connectivity index (χ4n) is 1.75. The molecule has 1 aromatic carbocycles. The highest BCUT2D eigenvalue weighted by molar-refractivity contribution is 5.79. The van der Waals surface area contributed by atoms with Gasteiger partial charge in [0.05, 0.1) is 13.0 Å². The summed E-state index contributed by atoms with van der Waals surface area (Å²) >= 11 is 0. The molecule has 2 N–H and O–H groups in total. The first-order valence-corrected chi connectivity index (χ1v) is 7.05. The summed E-state index contributed by atoms with van der Waals surface area (Å²) in [6, 6.07) is 7.66. The number of alkyl halides is 3. The smallest absolute Gasteiger partial charge is 0.390 e. The zero-order chi connectivity index (χ0) is 16.6. The van der Waals surface area contributed by atoms with Crippen molar-refractivity contribution in [2.24, 2.45) is 4.99 Å². The summed E-state index contributed by atoms with van der Waals surface area (Å²) in [5.41, 5.74) is 1.10. The van der Waals surface area contributed by atoms with Gasteiger partial charge in [0, 0.05) is 13.6 Å². The molecule has 0 amide bonds. The second-order valence-corrected chi connectivity index (χ2v) is 4.99. The lowest BCUT2D eigenvalue weighted by Gasteiger charge is -2.18. The Labute approximate surface area is 128 Å². The Bertz CT molecular complexity index is 489. The van der Waals surface area contributed by atoms with E-state index in [0.29, 0.717) is 12.5 Å². The van der Waals surface area contributed by atoms with Gasteiger partial charge in [0.15, 0.2) is 5.96 Å². The van der Waals surface area contributed by atoms with Gasteiger partial charge in [0.25, 0.3) is 0 Å². The Morgan fingerprint density at radius 1 is 1.32 bits per heavy atom. The summed E-state index contributed by atoms with van der Waals surface area (Å²) < 4.78 is 42.0. The number of aliphatic imine (C=N–C) groups is 1. The summed E-state index contributed by atoms with van der Waals surface area (Å²) in [6.45, 7) is 4.07. The number of rotatable bonds is 6. The largest absolute Gasteiger partial charge is 0.489 e. The molecule has 7 heteroatoms. The Morgan fingerprint density at radius 3 is 2.64 bits per heavy atom. The van der Waals surface area contributed by atoms with Crippen LogP contribution >= 0.6 is 0 Å². The summed E-state index contributed by atoms with van der Waals surface area (Å²) in [5, 5.41) is 5.55. The van der Waals surface area contributed by atoms with Crippen LogP contribution in [0, 0.1) is 6.92 Å². The van der Waals surface area contributed by atoms with Crippen molar-refractivity contribution in [1.29, 1.82) is 0 Å². The quantitative estimate of drug-likeness (QED) is 0.626. The van der Waals surface area contributed by atoms with Gasteiger partial charge in [0.1, 0.15) is 11.9 Å². The van der Waals surface area contributed by atoms with E-state index in [9.17, 15) is 13.2 Å². The van der Waals surface area contributed by atoms with Gasteiger partial charge >= 0.3 is 6.18 Å². The van der Waals surface area contributed by atoms with Crippen LogP contribution < -0.4 is 15.4 Å². The number of hydrogen-bond donors (Lipinski definition) is 2. The van der Waals surface area contributed by atoms with E-state index in [0.717, 1.165) is 11.3 Å². The Morgan fingerprint density at radius 2 is 2.05 bits per heavy atom. The monoisotopic (exact) mass is 317 g/mol. The van der Waals surface area contributed by atoms with Crippen LogP contribution in [0.15, 0.2) is 29.3 Å². The number of aryl methyl sites for hydroxylation is 1. The molecule has 0 spiro atoms. The summed E-state index contributed by atoms with van der Waals surface area (Å²) in [6.07, 6.45) is -5.22. The highest BCUT2D eigenvalue weighted by Crippen LogP contribution is 2.18. The van der Waals surface area contributed by atoms with Crippen LogP contribution in [0.2, 0.25) is 0 Å². The molecule has 124 valence electrons. The Hall–Kier alpha value is -1.92. The van der Waals surface area contributed by atoms with Crippen LogP contribution in [-0.2, 0) is 0 Å². The highest BCUT2D eigenvalue weighted by Gasteiger charge is 2.26. The number of benzene rings is 1. The molecule has 0 saturated heterocycles. The number of hydrogen-bond acceptors (Lipinski definition) is 2. The highest BCUT2D eigenvalue weighted by atomic mass is 19.4. The fourth-order valence-corrected chi connectivity index (χ4v) is 1.75. The number of guanidine groups is 1. The van der Waals surface area contributed by atoms with Crippen molar-refractivity contribution in [2.45, 2.75) is 32.5 Å². The average Bonchev–Trinajstić information content (AvgIpc) is 2.41. The van der Waals surface area contributed by atoms with Gasteiger partial charge in [-0.1, -0.05) is 12.1 Å². The number of nitrogens with one attached hydrogen (secondary N) is 2. The first-order chi connectivity index (χ1) is 10.3. The molecule has 1 atom stereocenters. The van der Waals surface area contributed by atoms with Gasteiger partial charge in [0.2, 0.25) is 0 Å². The molecule has 1 unspecified atom stereocenters. The molecule has 0 aromatic heterocycles. The predicted molar refractivity (Wildman–Crippen MR) is 81.3 cm³/mol. The molecule has 0 aliphatic rings. The molecule has 0 saturated carbocycles. The van der Waals surface area contributed by atoms with Crippen LogP contribution in [0.1, 0.15) is 18.9 Å². The number of ether oxygens (including phenoxy) is 1. The van der Waals surface area contributed by atoms with E-state index in [1.807, 2.05) is 38.1 Å². The van der Waals surface area contributed by atoms with Gasteiger partial charge < -0.3 is 15.4 Å². The van der Waals surface area contributed by atoms with Crippen molar-refractivity contribution in [2.75, 3.05) is 20.1 Å². The second-order valence-electron chi connectivity index (χ2n) is 4.99. The third kappa shape index (κ3) is 7.75. The molecular weight excluding hydrogens is 295 g/mol. The minimum Gasteiger partial charge on any atom is -0.489 e. The van der Waals surface area contributed by atoms with E-state index in [1.165, 1.54) is 7.05 Å². The van der Waals surface area contributed by atoms with Gasteiger partial charge in [-0.05, 0) is 31.5 Å². The van der Waals surface area contributed by atoms with E-state index < -0.39 is 12.6 Å². The maximum Gasteiger partial charge on any atom is 0.390 e. The molecule has 0 heterocycles. The lowest BCUT2D eigenvalue weighted by Crippen LogP contribution is -2.42. The van der Waals surface area contributed by atoms with Gasteiger partial charge in [-0.2, -0.15) is 13.2 Å². The average molecular weight is 317 g/mol. The van der Waals surface area contributed by atoms with Crippen molar-refractivity contribution in [3.05, 3.63) is 29.8 Å². The van der Waals surface area contributed by atoms with E-state index in [1.54, 1.807) is 0 Å². The lowest BCUT2D eigenvalue weighted by molar-refractivity contribution is -0.132. The minimum absolute atomic E-state index is 0.150. The Kier molecular flexibility index (Phi) is 7.01. The van der Waals surface area contributed by atoms with Gasteiger partial charge in [-0.3, -0.25) is 4.99 Å². The maximum atomic E-state index is 12.1. The van der Waals surface area contributed by atoms with Crippen molar-refractivity contribution < 1.29 is 17.9 Å². The zero-order valence-corrected chi connectivity index (χ0v) is 13.0. The van der Waals surface area contributed by atoms with E-state index >= 15 is 0 Å².